The number of likely N-dealkylation sites (tertiary alicyclic amines) is 1. The van der Waals surface area contributed by atoms with E-state index in [0.29, 0.717) is 27.8 Å². The highest BCUT2D eigenvalue weighted by Crippen LogP contribution is 2.29. The molecule has 1 fully saturated rings. The lowest BCUT2D eigenvalue weighted by Gasteiger charge is -2.26. The Kier molecular flexibility index (Phi) is 6.83. The first-order chi connectivity index (χ1) is 17.0. The number of nitrogens with zero attached hydrogens (tertiary/aromatic N) is 4. The number of hydrogen-bond donors (Lipinski definition) is 0. The number of aromatic nitrogens is 3. The predicted molar refractivity (Wildman–Crippen MR) is 137 cm³/mol. The van der Waals surface area contributed by atoms with E-state index in [1.807, 2.05) is 47.5 Å². The fourth-order valence-electron chi connectivity index (χ4n) is 4.24. The van der Waals surface area contributed by atoms with E-state index < -0.39 is 0 Å². The van der Waals surface area contributed by atoms with E-state index in [9.17, 15) is 9.59 Å². The van der Waals surface area contributed by atoms with Crippen molar-refractivity contribution < 1.29 is 9.53 Å². The van der Waals surface area contributed by atoms with Crippen LogP contribution in [0.2, 0.25) is 5.02 Å². The molecule has 0 N–H and O–H groups in total. The highest BCUT2D eigenvalue weighted by molar-refractivity contribution is 7.15. The monoisotopic (exact) mass is 508 g/mol. The number of fused-ring (bicyclic) bond motifs is 1. The molecule has 0 atom stereocenters. The third kappa shape index (κ3) is 5.23. The van der Waals surface area contributed by atoms with E-state index >= 15 is 0 Å². The molecule has 0 unspecified atom stereocenters. The molecule has 0 aliphatic carbocycles. The minimum Gasteiger partial charge on any atom is -0.483 e. The molecule has 0 radical (unpaired) electrons. The molecule has 3 heterocycles. The molecule has 1 saturated heterocycles. The van der Waals surface area contributed by atoms with Gasteiger partial charge in [0, 0.05) is 35.5 Å². The average Bonchev–Trinajstić information content (AvgIpc) is 3.27. The maximum Gasteiger partial charge on any atom is 0.296 e. The maximum atomic E-state index is 12.5. The van der Waals surface area contributed by atoms with Gasteiger partial charge < -0.3 is 9.64 Å². The van der Waals surface area contributed by atoms with Gasteiger partial charge in [-0.3, -0.25) is 9.59 Å². The summed E-state index contributed by atoms with van der Waals surface area (Å²) in [6.07, 6.45) is 3.68. The van der Waals surface area contributed by atoms with E-state index in [2.05, 4.69) is 10.1 Å². The van der Waals surface area contributed by atoms with Crippen LogP contribution >= 0.6 is 22.9 Å². The maximum absolute atomic E-state index is 12.5. The molecule has 9 heteroatoms. The van der Waals surface area contributed by atoms with Gasteiger partial charge in [0.2, 0.25) is 4.96 Å². The molecule has 4 aromatic rings. The lowest BCUT2D eigenvalue weighted by atomic mass is 10.1. The summed E-state index contributed by atoms with van der Waals surface area (Å²) in [6.45, 7) is 3.63. The van der Waals surface area contributed by atoms with Crippen molar-refractivity contribution in [2.45, 2.75) is 32.6 Å². The Morgan fingerprint density at radius 1 is 1.11 bits per heavy atom. The summed E-state index contributed by atoms with van der Waals surface area (Å²) in [7, 11) is 0. The second-order valence-corrected chi connectivity index (χ2v) is 9.97. The standard InChI is InChI=1S/C26H25ClN4O3S/c1-17-13-19(7-10-23(17)34-15-24(32)30-11-3-2-4-12-30)22-16-35-26-28-25(33)21(29-31(22)26)14-18-5-8-20(27)9-6-18/h5-10,13,16H,2-4,11-12,14-15H2,1H3. The third-order valence-corrected chi connectivity index (χ3v) is 7.23. The molecule has 0 saturated carbocycles. The number of halogens is 1. The van der Waals surface area contributed by atoms with Crippen molar-refractivity contribution in [1.29, 1.82) is 0 Å². The van der Waals surface area contributed by atoms with E-state index in [4.69, 9.17) is 16.3 Å². The van der Waals surface area contributed by atoms with Crippen molar-refractivity contribution in [3.05, 3.63) is 80.0 Å². The van der Waals surface area contributed by atoms with Crippen LogP contribution in [0, 0.1) is 6.92 Å². The van der Waals surface area contributed by atoms with Crippen molar-refractivity contribution in [3.63, 3.8) is 0 Å². The Labute approximate surface area is 212 Å². The zero-order valence-corrected chi connectivity index (χ0v) is 20.9. The highest BCUT2D eigenvalue weighted by Gasteiger charge is 2.18. The lowest BCUT2D eigenvalue weighted by molar-refractivity contribution is -0.134. The van der Waals surface area contributed by atoms with Gasteiger partial charge in [0.25, 0.3) is 11.5 Å². The zero-order chi connectivity index (χ0) is 24.4. The number of ether oxygens (including phenoxy) is 1. The quantitative estimate of drug-likeness (QED) is 0.375. The SMILES string of the molecule is Cc1cc(-c2csc3nc(=O)c(Cc4ccc(Cl)cc4)nn23)ccc1OCC(=O)N1CCCCC1. The Morgan fingerprint density at radius 3 is 2.63 bits per heavy atom. The van der Waals surface area contributed by atoms with Gasteiger partial charge in [0.05, 0.1) is 5.69 Å². The molecule has 35 heavy (non-hydrogen) atoms. The first kappa shape index (κ1) is 23.5. The van der Waals surface area contributed by atoms with Crippen LogP contribution in [0.1, 0.15) is 36.1 Å². The van der Waals surface area contributed by atoms with E-state index in [1.54, 1.807) is 16.6 Å². The molecule has 1 amide bonds. The molecule has 2 aromatic heterocycles. The fraction of sp³-hybridized carbons (Fsp3) is 0.308. The summed E-state index contributed by atoms with van der Waals surface area (Å²) in [5.74, 6) is 0.712. The fourth-order valence-corrected chi connectivity index (χ4v) is 5.19. The normalized spacial score (nSPS) is 13.8. The molecule has 1 aliphatic heterocycles. The predicted octanol–water partition coefficient (Wildman–Crippen LogP) is 4.76. The number of carbonyl (C=O) groups excluding carboxylic acids is 1. The summed E-state index contributed by atoms with van der Waals surface area (Å²) in [6, 6.07) is 13.2. The van der Waals surface area contributed by atoms with Crippen LogP contribution < -0.4 is 10.3 Å². The van der Waals surface area contributed by atoms with Crippen molar-refractivity contribution in [2.75, 3.05) is 19.7 Å². The Bertz CT molecular complexity index is 1430. The minimum atomic E-state index is -0.327. The number of piperidine rings is 1. The van der Waals surface area contributed by atoms with Gasteiger partial charge in [-0.25, -0.2) is 4.52 Å². The largest absolute Gasteiger partial charge is 0.483 e. The van der Waals surface area contributed by atoms with Gasteiger partial charge >= 0.3 is 0 Å². The third-order valence-electron chi connectivity index (χ3n) is 6.17. The number of aryl methyl sites for hydroxylation is 1. The van der Waals surface area contributed by atoms with Crippen LogP contribution in [0.5, 0.6) is 5.75 Å². The first-order valence-corrected chi connectivity index (χ1v) is 12.9. The molecular weight excluding hydrogens is 484 g/mol. The van der Waals surface area contributed by atoms with Crippen LogP contribution in [0.15, 0.2) is 52.6 Å². The van der Waals surface area contributed by atoms with Crippen LogP contribution in [0.4, 0.5) is 0 Å². The summed E-state index contributed by atoms with van der Waals surface area (Å²) < 4.78 is 7.56. The lowest BCUT2D eigenvalue weighted by Crippen LogP contribution is -2.38. The minimum absolute atomic E-state index is 0.0319. The van der Waals surface area contributed by atoms with Crippen molar-refractivity contribution in [1.82, 2.24) is 19.5 Å². The summed E-state index contributed by atoms with van der Waals surface area (Å²) >= 11 is 7.34. The highest BCUT2D eigenvalue weighted by atomic mass is 35.5. The molecule has 0 bridgehead atoms. The van der Waals surface area contributed by atoms with Gasteiger partial charge in [-0.15, -0.1) is 11.3 Å². The molecule has 1 aliphatic rings. The summed E-state index contributed by atoms with van der Waals surface area (Å²) in [5.41, 5.74) is 3.68. The summed E-state index contributed by atoms with van der Waals surface area (Å²) in [5, 5.41) is 7.21. The van der Waals surface area contributed by atoms with Gasteiger partial charge in [-0.1, -0.05) is 23.7 Å². The number of thiazole rings is 1. The van der Waals surface area contributed by atoms with Crippen LogP contribution in [-0.2, 0) is 11.2 Å². The van der Waals surface area contributed by atoms with E-state index in [1.165, 1.54) is 17.8 Å². The van der Waals surface area contributed by atoms with Crippen LogP contribution in [0.25, 0.3) is 16.2 Å². The second-order valence-electron chi connectivity index (χ2n) is 8.69. The smallest absolute Gasteiger partial charge is 0.296 e. The van der Waals surface area contributed by atoms with Crippen molar-refractivity contribution in [2.24, 2.45) is 0 Å². The Balaban J connectivity index is 1.36. The zero-order valence-electron chi connectivity index (χ0n) is 19.4. The van der Waals surface area contributed by atoms with Gasteiger partial charge in [0.1, 0.15) is 11.4 Å². The topological polar surface area (TPSA) is 76.8 Å². The van der Waals surface area contributed by atoms with Gasteiger partial charge in [-0.2, -0.15) is 10.1 Å². The average molecular weight is 509 g/mol. The van der Waals surface area contributed by atoms with E-state index in [-0.39, 0.29) is 18.1 Å². The molecule has 7 nitrogen and oxygen atoms in total. The number of benzene rings is 2. The van der Waals surface area contributed by atoms with Crippen molar-refractivity contribution >= 4 is 33.8 Å². The Hall–Kier alpha value is -3.23. The van der Waals surface area contributed by atoms with Crippen molar-refractivity contribution in [3.8, 4) is 17.0 Å². The van der Waals surface area contributed by atoms with Crippen LogP contribution in [0.3, 0.4) is 0 Å². The summed E-state index contributed by atoms with van der Waals surface area (Å²) in [4.78, 5) is 31.6. The molecule has 0 spiro atoms. The molecule has 5 rings (SSSR count). The second kappa shape index (κ2) is 10.2. The molecule has 2 aromatic carbocycles. The number of rotatable bonds is 6. The number of carbonyl (C=O) groups is 1. The van der Waals surface area contributed by atoms with Gasteiger partial charge in [-0.05, 0) is 67.6 Å². The molecular formula is C26H25ClN4O3S. The number of hydrogen-bond acceptors (Lipinski definition) is 6. The van der Waals surface area contributed by atoms with Crippen LogP contribution in [-0.4, -0.2) is 45.1 Å². The number of amides is 1. The molecule has 180 valence electrons. The Morgan fingerprint density at radius 2 is 1.89 bits per heavy atom. The van der Waals surface area contributed by atoms with E-state index in [0.717, 1.165) is 48.3 Å². The first-order valence-electron chi connectivity index (χ1n) is 11.6. The van der Waals surface area contributed by atoms with Gasteiger partial charge in [0.15, 0.2) is 6.61 Å².